The zero-order chi connectivity index (χ0) is 14.7. The summed E-state index contributed by atoms with van der Waals surface area (Å²) in [5, 5.41) is 8.77. The summed E-state index contributed by atoms with van der Waals surface area (Å²) in [6.45, 7) is 4.39. The van der Waals surface area contributed by atoms with E-state index in [0.29, 0.717) is 18.4 Å². The highest BCUT2D eigenvalue weighted by Gasteiger charge is 2.36. The average molecular weight is 294 g/mol. The van der Waals surface area contributed by atoms with Crippen molar-refractivity contribution in [3.8, 4) is 0 Å². The van der Waals surface area contributed by atoms with E-state index in [0.717, 1.165) is 39.0 Å². The molecule has 3 aliphatic rings. The van der Waals surface area contributed by atoms with E-state index in [-0.39, 0.29) is 18.0 Å². The van der Waals surface area contributed by atoms with Gasteiger partial charge in [-0.05, 0) is 37.8 Å². The fourth-order valence-electron chi connectivity index (χ4n) is 3.92. The monoisotopic (exact) mass is 294 g/mol. The minimum absolute atomic E-state index is 0.184. The van der Waals surface area contributed by atoms with E-state index in [2.05, 4.69) is 20.9 Å². The molecule has 0 bridgehead atoms. The summed E-state index contributed by atoms with van der Waals surface area (Å²) in [6, 6.07) is -0.0864. The van der Waals surface area contributed by atoms with Crippen LogP contribution in [0.1, 0.15) is 32.1 Å². The SMILES string of the molecule is O=C(CN1CC2CNCC2C1)NC(=O)NC1CCCCC1. The second kappa shape index (κ2) is 6.75. The van der Waals surface area contributed by atoms with Gasteiger partial charge in [0.1, 0.15) is 0 Å². The Morgan fingerprint density at radius 3 is 2.38 bits per heavy atom. The number of carbonyl (C=O) groups excluding carboxylic acids is 2. The molecule has 0 aromatic carbocycles. The van der Waals surface area contributed by atoms with Gasteiger partial charge >= 0.3 is 6.03 Å². The van der Waals surface area contributed by atoms with Crippen LogP contribution in [-0.4, -0.2) is 55.6 Å². The summed E-state index contributed by atoms with van der Waals surface area (Å²) in [4.78, 5) is 25.9. The predicted molar refractivity (Wildman–Crippen MR) is 79.8 cm³/mol. The van der Waals surface area contributed by atoms with Gasteiger partial charge < -0.3 is 10.6 Å². The van der Waals surface area contributed by atoms with Gasteiger partial charge in [-0.2, -0.15) is 0 Å². The summed E-state index contributed by atoms with van der Waals surface area (Å²) in [7, 11) is 0. The first-order valence-electron chi connectivity index (χ1n) is 8.24. The van der Waals surface area contributed by atoms with Crippen molar-refractivity contribution in [2.45, 2.75) is 38.1 Å². The van der Waals surface area contributed by atoms with Gasteiger partial charge in [-0.25, -0.2) is 4.79 Å². The lowest BCUT2D eigenvalue weighted by Crippen LogP contribution is -2.48. The smallest absolute Gasteiger partial charge is 0.321 e. The number of carbonyl (C=O) groups is 2. The maximum atomic E-state index is 11.9. The molecule has 0 aromatic rings. The Kier molecular flexibility index (Phi) is 4.75. The molecule has 118 valence electrons. The van der Waals surface area contributed by atoms with Crippen LogP contribution in [0.2, 0.25) is 0 Å². The van der Waals surface area contributed by atoms with Crippen molar-refractivity contribution in [1.82, 2.24) is 20.9 Å². The molecule has 3 fully saturated rings. The molecule has 6 nitrogen and oxygen atoms in total. The molecule has 2 unspecified atom stereocenters. The third-order valence-electron chi connectivity index (χ3n) is 5.03. The third kappa shape index (κ3) is 3.95. The van der Waals surface area contributed by atoms with Gasteiger partial charge in [0.15, 0.2) is 0 Å². The van der Waals surface area contributed by atoms with Gasteiger partial charge in [0.2, 0.25) is 5.91 Å². The number of amides is 3. The van der Waals surface area contributed by atoms with Crippen molar-refractivity contribution in [2.75, 3.05) is 32.7 Å². The molecule has 1 aliphatic carbocycles. The van der Waals surface area contributed by atoms with E-state index in [9.17, 15) is 9.59 Å². The topological polar surface area (TPSA) is 73.5 Å². The minimum Gasteiger partial charge on any atom is -0.335 e. The van der Waals surface area contributed by atoms with Gasteiger partial charge in [-0.3, -0.25) is 15.0 Å². The van der Waals surface area contributed by atoms with Crippen LogP contribution in [0, 0.1) is 11.8 Å². The van der Waals surface area contributed by atoms with E-state index in [4.69, 9.17) is 0 Å². The Hall–Kier alpha value is -1.14. The fourth-order valence-corrected chi connectivity index (χ4v) is 3.92. The standard InChI is InChI=1S/C15H26N4O2/c20-14(10-19-8-11-6-16-7-12(11)9-19)18-15(21)17-13-4-2-1-3-5-13/h11-13,16H,1-10H2,(H2,17,18,20,21). The van der Waals surface area contributed by atoms with E-state index < -0.39 is 0 Å². The lowest BCUT2D eigenvalue weighted by Gasteiger charge is -2.23. The Morgan fingerprint density at radius 2 is 1.71 bits per heavy atom. The molecule has 0 radical (unpaired) electrons. The van der Waals surface area contributed by atoms with Gasteiger partial charge in [-0.1, -0.05) is 19.3 Å². The number of fused-ring (bicyclic) bond motifs is 1. The normalized spacial score (nSPS) is 30.1. The molecule has 6 heteroatoms. The van der Waals surface area contributed by atoms with Crippen LogP contribution in [0.5, 0.6) is 0 Å². The lowest BCUT2D eigenvalue weighted by molar-refractivity contribution is -0.121. The Morgan fingerprint density at radius 1 is 1.05 bits per heavy atom. The molecule has 1 saturated carbocycles. The molecule has 3 rings (SSSR count). The van der Waals surface area contributed by atoms with Gasteiger partial charge in [0.05, 0.1) is 6.54 Å². The molecule has 2 heterocycles. The zero-order valence-corrected chi connectivity index (χ0v) is 12.6. The molecule has 21 heavy (non-hydrogen) atoms. The number of hydrogen-bond acceptors (Lipinski definition) is 4. The molecule has 2 atom stereocenters. The van der Waals surface area contributed by atoms with Crippen molar-refractivity contribution in [1.29, 1.82) is 0 Å². The molecular formula is C15H26N4O2. The minimum atomic E-state index is -0.326. The van der Waals surface area contributed by atoms with Crippen LogP contribution in [0.4, 0.5) is 4.79 Å². The van der Waals surface area contributed by atoms with Crippen LogP contribution < -0.4 is 16.0 Å². The second-order valence-electron chi connectivity index (χ2n) is 6.73. The van der Waals surface area contributed by atoms with Gasteiger partial charge in [-0.15, -0.1) is 0 Å². The zero-order valence-electron chi connectivity index (χ0n) is 12.6. The van der Waals surface area contributed by atoms with Crippen LogP contribution >= 0.6 is 0 Å². The maximum Gasteiger partial charge on any atom is 0.321 e. The number of hydrogen-bond donors (Lipinski definition) is 3. The quantitative estimate of drug-likeness (QED) is 0.700. The van der Waals surface area contributed by atoms with Crippen molar-refractivity contribution in [2.24, 2.45) is 11.8 Å². The first-order valence-corrected chi connectivity index (χ1v) is 8.24. The third-order valence-corrected chi connectivity index (χ3v) is 5.03. The average Bonchev–Trinajstić information content (AvgIpc) is 3.00. The Labute approximate surface area is 126 Å². The van der Waals surface area contributed by atoms with Crippen molar-refractivity contribution >= 4 is 11.9 Å². The van der Waals surface area contributed by atoms with E-state index >= 15 is 0 Å². The predicted octanol–water partition coefficient (Wildman–Crippen LogP) is 0.296. The number of nitrogens with one attached hydrogen (secondary N) is 3. The molecular weight excluding hydrogens is 268 g/mol. The number of nitrogens with zero attached hydrogens (tertiary/aromatic N) is 1. The first kappa shape index (κ1) is 14.8. The largest absolute Gasteiger partial charge is 0.335 e. The number of imide groups is 1. The second-order valence-corrected chi connectivity index (χ2v) is 6.73. The number of urea groups is 1. The molecule has 0 spiro atoms. The molecule has 0 aromatic heterocycles. The van der Waals surface area contributed by atoms with Crippen molar-refractivity contribution < 1.29 is 9.59 Å². The maximum absolute atomic E-state index is 11.9. The summed E-state index contributed by atoms with van der Waals surface area (Å²) in [5.41, 5.74) is 0. The number of likely N-dealkylation sites (tertiary alicyclic amines) is 1. The fraction of sp³-hybridized carbons (Fsp3) is 0.867. The van der Waals surface area contributed by atoms with E-state index in [1.165, 1.54) is 19.3 Å². The van der Waals surface area contributed by atoms with Gasteiger partial charge in [0, 0.05) is 19.1 Å². The van der Waals surface area contributed by atoms with Crippen LogP contribution in [0.25, 0.3) is 0 Å². The summed E-state index contributed by atoms with van der Waals surface area (Å²) >= 11 is 0. The highest BCUT2D eigenvalue weighted by molar-refractivity contribution is 5.95. The van der Waals surface area contributed by atoms with E-state index in [1.807, 2.05) is 0 Å². The first-order chi connectivity index (χ1) is 10.2. The molecule has 3 amide bonds. The molecule has 2 saturated heterocycles. The Bertz CT molecular complexity index is 383. The van der Waals surface area contributed by atoms with E-state index in [1.54, 1.807) is 0 Å². The van der Waals surface area contributed by atoms with Crippen LogP contribution in [0.15, 0.2) is 0 Å². The molecule has 2 aliphatic heterocycles. The van der Waals surface area contributed by atoms with Crippen molar-refractivity contribution in [3.05, 3.63) is 0 Å². The highest BCUT2D eigenvalue weighted by atomic mass is 16.2. The van der Waals surface area contributed by atoms with Gasteiger partial charge in [0.25, 0.3) is 0 Å². The van der Waals surface area contributed by atoms with Crippen LogP contribution in [0.3, 0.4) is 0 Å². The van der Waals surface area contributed by atoms with Crippen LogP contribution in [-0.2, 0) is 4.79 Å². The number of rotatable bonds is 3. The molecule has 3 N–H and O–H groups in total. The van der Waals surface area contributed by atoms with Crippen molar-refractivity contribution in [3.63, 3.8) is 0 Å². The lowest BCUT2D eigenvalue weighted by atomic mass is 9.96. The summed E-state index contributed by atoms with van der Waals surface area (Å²) in [5.74, 6) is 1.17. The Balaban J connectivity index is 1.36. The highest BCUT2D eigenvalue weighted by Crippen LogP contribution is 2.25. The summed E-state index contributed by atoms with van der Waals surface area (Å²) < 4.78 is 0. The summed E-state index contributed by atoms with van der Waals surface area (Å²) in [6.07, 6.45) is 5.66.